The van der Waals surface area contributed by atoms with E-state index < -0.39 is 0 Å². The van der Waals surface area contributed by atoms with Crippen molar-refractivity contribution in [1.82, 2.24) is 18.7 Å². The summed E-state index contributed by atoms with van der Waals surface area (Å²) in [6.07, 6.45) is 0. The second kappa shape index (κ2) is 7.92. The van der Waals surface area contributed by atoms with Crippen molar-refractivity contribution in [3.8, 4) is 0 Å². The highest BCUT2D eigenvalue weighted by molar-refractivity contribution is 6.30. The minimum Gasteiger partial charge on any atom is -0.312 e. The fraction of sp³-hybridized carbons (Fsp3) is 0.320. The van der Waals surface area contributed by atoms with Crippen molar-refractivity contribution < 1.29 is 0 Å². The lowest BCUT2D eigenvalue weighted by Gasteiger charge is -2.33. The number of benzene rings is 2. The lowest BCUT2D eigenvalue weighted by molar-refractivity contribution is 0.458. The molecule has 0 saturated carbocycles. The predicted octanol–water partition coefficient (Wildman–Crippen LogP) is 4.00. The van der Waals surface area contributed by atoms with Gasteiger partial charge in [0.25, 0.3) is 5.56 Å². The summed E-state index contributed by atoms with van der Waals surface area (Å²) in [5.41, 5.74) is 4.38. The van der Waals surface area contributed by atoms with Crippen LogP contribution in [0.15, 0.2) is 52.1 Å². The number of anilines is 2. The van der Waals surface area contributed by atoms with E-state index in [9.17, 15) is 9.59 Å². The van der Waals surface area contributed by atoms with Gasteiger partial charge in [0, 0.05) is 30.8 Å². The van der Waals surface area contributed by atoms with Gasteiger partial charge in [-0.2, -0.15) is 4.98 Å². The first-order valence-electron chi connectivity index (χ1n) is 11.0. The highest BCUT2D eigenvalue weighted by atomic mass is 35.5. The standard InChI is InChI=1S/C25H26ClN5O2/c1-15-9-16(2)11-20(10-15)29-12-17(3)13-30-21-22(27-24(29)30)28(4)25(33)31(23(21)32)14-18-5-7-19(26)8-6-18/h5-11,17H,12-14H2,1-4H3/t17-/m0/s1. The molecule has 0 fully saturated rings. The van der Waals surface area contributed by atoms with E-state index in [0.717, 1.165) is 17.8 Å². The van der Waals surface area contributed by atoms with E-state index >= 15 is 0 Å². The molecule has 33 heavy (non-hydrogen) atoms. The van der Waals surface area contributed by atoms with E-state index in [1.165, 1.54) is 20.3 Å². The molecular weight excluding hydrogens is 438 g/mol. The first-order chi connectivity index (χ1) is 15.7. The molecule has 7 nitrogen and oxygen atoms in total. The van der Waals surface area contributed by atoms with Gasteiger partial charge in [-0.25, -0.2) is 4.79 Å². The van der Waals surface area contributed by atoms with Crippen LogP contribution in [0, 0.1) is 19.8 Å². The Hall–Kier alpha value is -3.32. The maximum atomic E-state index is 13.6. The van der Waals surface area contributed by atoms with E-state index in [2.05, 4.69) is 43.9 Å². The molecule has 5 rings (SSSR count). The van der Waals surface area contributed by atoms with Gasteiger partial charge in [0.1, 0.15) is 0 Å². The summed E-state index contributed by atoms with van der Waals surface area (Å²) in [4.78, 5) is 33.7. The molecule has 1 aliphatic heterocycles. The predicted molar refractivity (Wildman–Crippen MR) is 132 cm³/mol. The van der Waals surface area contributed by atoms with Crippen molar-refractivity contribution in [3.63, 3.8) is 0 Å². The molecule has 2 aromatic carbocycles. The Morgan fingerprint density at radius 1 is 1.03 bits per heavy atom. The highest BCUT2D eigenvalue weighted by Crippen LogP contribution is 2.33. The molecule has 3 heterocycles. The summed E-state index contributed by atoms with van der Waals surface area (Å²) in [6.45, 7) is 7.95. The van der Waals surface area contributed by atoms with Crippen LogP contribution in [0.25, 0.3) is 11.2 Å². The van der Waals surface area contributed by atoms with Crippen molar-refractivity contribution in [2.75, 3.05) is 11.4 Å². The third-order valence-corrected chi connectivity index (χ3v) is 6.47. The Kier molecular flexibility index (Phi) is 5.16. The second-order valence-electron chi connectivity index (χ2n) is 9.12. The van der Waals surface area contributed by atoms with E-state index in [4.69, 9.17) is 16.6 Å². The smallest absolute Gasteiger partial charge is 0.312 e. The Morgan fingerprint density at radius 2 is 1.70 bits per heavy atom. The number of nitrogens with zero attached hydrogens (tertiary/aromatic N) is 5. The second-order valence-corrected chi connectivity index (χ2v) is 9.55. The summed E-state index contributed by atoms with van der Waals surface area (Å²) in [5, 5.41) is 0.611. The molecule has 0 radical (unpaired) electrons. The first kappa shape index (κ1) is 21.5. The van der Waals surface area contributed by atoms with Crippen LogP contribution in [0.1, 0.15) is 23.6 Å². The number of imidazole rings is 1. The maximum absolute atomic E-state index is 13.6. The van der Waals surface area contributed by atoms with Crippen LogP contribution in [-0.2, 0) is 20.1 Å². The SMILES string of the molecule is Cc1cc(C)cc(N2C[C@H](C)Cn3c2nc2c3c(=O)n(Cc3ccc(Cl)cc3)c(=O)n2C)c1. The van der Waals surface area contributed by atoms with Gasteiger partial charge >= 0.3 is 5.69 Å². The van der Waals surface area contributed by atoms with Crippen molar-refractivity contribution in [2.24, 2.45) is 13.0 Å². The van der Waals surface area contributed by atoms with Gasteiger partial charge in [-0.1, -0.05) is 36.7 Å². The molecule has 0 saturated heterocycles. The van der Waals surface area contributed by atoms with Crippen LogP contribution in [0.2, 0.25) is 5.02 Å². The quantitative estimate of drug-likeness (QED) is 0.460. The van der Waals surface area contributed by atoms with Crippen LogP contribution < -0.4 is 16.1 Å². The van der Waals surface area contributed by atoms with Gasteiger partial charge in [-0.3, -0.25) is 13.9 Å². The van der Waals surface area contributed by atoms with Crippen LogP contribution in [0.4, 0.5) is 11.6 Å². The van der Waals surface area contributed by atoms with Gasteiger partial charge < -0.3 is 9.47 Å². The first-order valence-corrected chi connectivity index (χ1v) is 11.4. The van der Waals surface area contributed by atoms with E-state index in [0.29, 0.717) is 34.6 Å². The van der Waals surface area contributed by atoms with Crippen molar-refractivity contribution in [3.05, 3.63) is 85.0 Å². The number of hydrogen-bond acceptors (Lipinski definition) is 4. The van der Waals surface area contributed by atoms with Crippen molar-refractivity contribution >= 4 is 34.4 Å². The topological polar surface area (TPSA) is 65.1 Å². The van der Waals surface area contributed by atoms with E-state index in [1.54, 1.807) is 19.2 Å². The molecule has 170 valence electrons. The van der Waals surface area contributed by atoms with Gasteiger partial charge in [-0.15, -0.1) is 0 Å². The molecule has 1 atom stereocenters. The van der Waals surface area contributed by atoms with Crippen LogP contribution in [0.5, 0.6) is 0 Å². The minimum atomic E-state index is -0.385. The number of aromatic nitrogens is 4. The fourth-order valence-corrected chi connectivity index (χ4v) is 4.87. The zero-order valence-corrected chi connectivity index (χ0v) is 19.9. The lowest BCUT2D eigenvalue weighted by Crippen LogP contribution is -2.40. The zero-order chi connectivity index (χ0) is 23.4. The lowest BCUT2D eigenvalue weighted by atomic mass is 10.1. The number of hydrogen-bond donors (Lipinski definition) is 0. The van der Waals surface area contributed by atoms with E-state index in [1.807, 2.05) is 16.7 Å². The zero-order valence-electron chi connectivity index (χ0n) is 19.2. The molecule has 2 aromatic heterocycles. The average Bonchev–Trinajstić information content (AvgIpc) is 3.15. The summed E-state index contributed by atoms with van der Waals surface area (Å²) in [5.74, 6) is 1.00. The normalized spacial score (nSPS) is 15.8. The van der Waals surface area contributed by atoms with Crippen molar-refractivity contribution in [2.45, 2.75) is 33.9 Å². The molecule has 1 aliphatic rings. The highest BCUT2D eigenvalue weighted by Gasteiger charge is 2.30. The maximum Gasteiger partial charge on any atom is 0.332 e. The molecule has 4 aromatic rings. The summed E-state index contributed by atoms with van der Waals surface area (Å²) >= 11 is 5.99. The number of rotatable bonds is 3. The monoisotopic (exact) mass is 463 g/mol. The Labute approximate surface area is 196 Å². The van der Waals surface area contributed by atoms with Gasteiger partial charge in [0.15, 0.2) is 11.2 Å². The van der Waals surface area contributed by atoms with Crippen LogP contribution in [-0.4, -0.2) is 25.2 Å². The molecule has 0 aliphatic carbocycles. The Balaban J connectivity index is 1.72. The summed E-state index contributed by atoms with van der Waals surface area (Å²) in [7, 11) is 1.67. The molecule has 0 bridgehead atoms. The minimum absolute atomic E-state index is 0.176. The van der Waals surface area contributed by atoms with Crippen molar-refractivity contribution in [1.29, 1.82) is 0 Å². The molecule has 0 spiro atoms. The van der Waals surface area contributed by atoms with E-state index in [-0.39, 0.29) is 17.8 Å². The summed E-state index contributed by atoms with van der Waals surface area (Å²) in [6, 6.07) is 13.6. The molecule has 0 amide bonds. The largest absolute Gasteiger partial charge is 0.332 e. The van der Waals surface area contributed by atoms with Gasteiger partial charge in [-0.05, 0) is 60.7 Å². The molecule has 0 N–H and O–H groups in total. The Morgan fingerprint density at radius 3 is 2.36 bits per heavy atom. The van der Waals surface area contributed by atoms with Crippen LogP contribution >= 0.6 is 11.6 Å². The number of aryl methyl sites for hydroxylation is 3. The number of halogens is 1. The van der Waals surface area contributed by atoms with Gasteiger partial charge in [0.05, 0.1) is 6.54 Å². The third-order valence-electron chi connectivity index (χ3n) is 6.21. The number of fused-ring (bicyclic) bond motifs is 3. The van der Waals surface area contributed by atoms with Crippen LogP contribution in [0.3, 0.4) is 0 Å². The Bertz CT molecular complexity index is 1480. The average molecular weight is 464 g/mol. The molecule has 8 heteroatoms. The fourth-order valence-electron chi connectivity index (χ4n) is 4.74. The third kappa shape index (κ3) is 3.66. The van der Waals surface area contributed by atoms with Gasteiger partial charge in [0.2, 0.25) is 5.95 Å². The summed E-state index contributed by atoms with van der Waals surface area (Å²) < 4.78 is 4.73. The molecular formula is C25H26ClN5O2. The molecule has 0 unspecified atom stereocenters.